The molecule has 0 unspecified atom stereocenters. The average Bonchev–Trinajstić information content (AvgIpc) is 2.78. The van der Waals surface area contributed by atoms with Crippen molar-refractivity contribution in [1.29, 1.82) is 0 Å². The number of carbonyl (C=O) groups excluding carboxylic acids is 1. The fourth-order valence-corrected chi connectivity index (χ4v) is 3.14. The van der Waals surface area contributed by atoms with Gasteiger partial charge in [-0.05, 0) is 25.8 Å². The monoisotopic (exact) mass is 288 g/mol. The molecule has 2 rings (SSSR count). The molecule has 0 atom stereocenters. The summed E-state index contributed by atoms with van der Waals surface area (Å²) in [5.41, 5.74) is 3.32. The number of nitrogens with zero attached hydrogens (tertiary/aromatic N) is 1. The van der Waals surface area contributed by atoms with Gasteiger partial charge in [0.1, 0.15) is 5.01 Å². The SMILES string of the molecule is CCCNC(=O)Cc1sc(-c2ccccc2C)nc1C. The van der Waals surface area contributed by atoms with E-state index in [0.717, 1.165) is 34.1 Å². The predicted molar refractivity (Wildman–Crippen MR) is 84.0 cm³/mol. The van der Waals surface area contributed by atoms with Gasteiger partial charge in [0.25, 0.3) is 0 Å². The Labute approximate surface area is 124 Å². The lowest BCUT2D eigenvalue weighted by molar-refractivity contribution is -0.120. The van der Waals surface area contributed by atoms with Crippen molar-refractivity contribution in [3.8, 4) is 10.6 Å². The number of nitrogens with one attached hydrogen (secondary N) is 1. The molecule has 0 bridgehead atoms. The van der Waals surface area contributed by atoms with Crippen LogP contribution in [0.25, 0.3) is 10.6 Å². The number of benzene rings is 1. The van der Waals surface area contributed by atoms with Gasteiger partial charge in [-0.2, -0.15) is 0 Å². The lowest BCUT2D eigenvalue weighted by Crippen LogP contribution is -2.25. The van der Waals surface area contributed by atoms with E-state index in [2.05, 4.69) is 36.3 Å². The van der Waals surface area contributed by atoms with Crippen molar-refractivity contribution in [3.63, 3.8) is 0 Å². The van der Waals surface area contributed by atoms with E-state index >= 15 is 0 Å². The normalized spacial score (nSPS) is 10.6. The molecule has 20 heavy (non-hydrogen) atoms. The summed E-state index contributed by atoms with van der Waals surface area (Å²) in [6, 6.07) is 8.21. The standard InChI is InChI=1S/C16H20N2OS/c1-4-9-17-15(19)10-14-12(3)18-16(20-14)13-8-6-5-7-11(13)2/h5-8H,4,9-10H2,1-3H3,(H,17,19). The Kier molecular flexibility index (Phi) is 4.90. The predicted octanol–water partition coefficient (Wildman–Crippen LogP) is 3.50. The number of hydrogen-bond donors (Lipinski definition) is 1. The molecule has 1 aromatic heterocycles. The summed E-state index contributed by atoms with van der Waals surface area (Å²) in [5, 5.41) is 3.91. The Morgan fingerprint density at radius 2 is 2.05 bits per heavy atom. The Hall–Kier alpha value is -1.68. The minimum atomic E-state index is 0.0786. The van der Waals surface area contributed by atoms with E-state index in [1.807, 2.05) is 19.1 Å². The smallest absolute Gasteiger partial charge is 0.225 e. The van der Waals surface area contributed by atoms with Crippen LogP contribution in [0.2, 0.25) is 0 Å². The fraction of sp³-hybridized carbons (Fsp3) is 0.375. The molecule has 0 saturated heterocycles. The molecule has 0 fully saturated rings. The van der Waals surface area contributed by atoms with Crippen molar-refractivity contribution in [2.75, 3.05) is 6.54 Å². The molecule has 0 saturated carbocycles. The van der Waals surface area contributed by atoms with Crippen molar-refractivity contribution in [1.82, 2.24) is 10.3 Å². The van der Waals surface area contributed by atoms with Crippen LogP contribution < -0.4 is 5.32 Å². The maximum absolute atomic E-state index is 11.8. The molecule has 2 aromatic rings. The second-order valence-corrected chi connectivity index (χ2v) is 5.95. The Bertz CT molecular complexity index is 604. The van der Waals surface area contributed by atoms with Crippen LogP contribution >= 0.6 is 11.3 Å². The topological polar surface area (TPSA) is 42.0 Å². The molecular weight excluding hydrogens is 268 g/mol. The first-order valence-corrected chi connectivity index (χ1v) is 7.72. The zero-order valence-electron chi connectivity index (χ0n) is 12.2. The van der Waals surface area contributed by atoms with Gasteiger partial charge in [0.15, 0.2) is 0 Å². The molecule has 0 spiro atoms. The van der Waals surface area contributed by atoms with Crippen molar-refractivity contribution in [2.24, 2.45) is 0 Å². The maximum Gasteiger partial charge on any atom is 0.225 e. The summed E-state index contributed by atoms with van der Waals surface area (Å²) >= 11 is 1.62. The van der Waals surface area contributed by atoms with E-state index < -0.39 is 0 Å². The first-order chi connectivity index (χ1) is 9.61. The average molecular weight is 288 g/mol. The van der Waals surface area contributed by atoms with Crippen LogP contribution in [-0.4, -0.2) is 17.4 Å². The van der Waals surface area contributed by atoms with Gasteiger partial charge in [-0.15, -0.1) is 11.3 Å². The van der Waals surface area contributed by atoms with Gasteiger partial charge in [-0.1, -0.05) is 31.2 Å². The third-order valence-corrected chi connectivity index (χ3v) is 4.35. The van der Waals surface area contributed by atoms with Crippen LogP contribution in [0.3, 0.4) is 0 Å². The summed E-state index contributed by atoms with van der Waals surface area (Å²) in [7, 11) is 0. The molecular formula is C16H20N2OS. The summed E-state index contributed by atoms with van der Waals surface area (Å²) in [6.45, 7) is 6.84. The third-order valence-electron chi connectivity index (χ3n) is 3.16. The summed E-state index contributed by atoms with van der Waals surface area (Å²) in [5.74, 6) is 0.0786. The lowest BCUT2D eigenvalue weighted by Gasteiger charge is -2.01. The molecule has 1 N–H and O–H groups in total. The minimum absolute atomic E-state index is 0.0786. The van der Waals surface area contributed by atoms with Crippen molar-refractivity contribution in [2.45, 2.75) is 33.6 Å². The fourth-order valence-electron chi connectivity index (χ4n) is 1.99. The van der Waals surface area contributed by atoms with Crippen molar-refractivity contribution in [3.05, 3.63) is 40.4 Å². The molecule has 0 aliphatic rings. The van der Waals surface area contributed by atoms with Gasteiger partial charge < -0.3 is 5.32 Å². The van der Waals surface area contributed by atoms with Crippen molar-refractivity contribution < 1.29 is 4.79 Å². The number of hydrogen-bond acceptors (Lipinski definition) is 3. The quantitative estimate of drug-likeness (QED) is 0.915. The second kappa shape index (κ2) is 6.66. The molecule has 1 amide bonds. The van der Waals surface area contributed by atoms with Crippen LogP contribution in [0, 0.1) is 13.8 Å². The number of rotatable bonds is 5. The first-order valence-electron chi connectivity index (χ1n) is 6.90. The molecule has 1 heterocycles. The highest BCUT2D eigenvalue weighted by molar-refractivity contribution is 7.15. The van der Waals surface area contributed by atoms with Gasteiger partial charge in [0, 0.05) is 17.0 Å². The summed E-state index contributed by atoms with van der Waals surface area (Å²) < 4.78 is 0. The molecule has 106 valence electrons. The Morgan fingerprint density at radius 1 is 1.30 bits per heavy atom. The third kappa shape index (κ3) is 3.45. The minimum Gasteiger partial charge on any atom is -0.356 e. The van der Waals surface area contributed by atoms with Crippen LogP contribution in [0.4, 0.5) is 0 Å². The highest BCUT2D eigenvalue weighted by Crippen LogP contribution is 2.30. The van der Waals surface area contributed by atoms with Crippen LogP contribution in [-0.2, 0) is 11.2 Å². The van der Waals surface area contributed by atoms with E-state index in [9.17, 15) is 4.79 Å². The zero-order valence-corrected chi connectivity index (χ0v) is 13.0. The second-order valence-electron chi connectivity index (χ2n) is 4.87. The number of aryl methyl sites for hydroxylation is 2. The molecule has 0 aliphatic heterocycles. The van der Waals surface area contributed by atoms with Crippen molar-refractivity contribution >= 4 is 17.2 Å². The van der Waals surface area contributed by atoms with Gasteiger partial charge in [0.05, 0.1) is 12.1 Å². The molecule has 0 radical (unpaired) electrons. The van der Waals surface area contributed by atoms with Gasteiger partial charge in [-0.25, -0.2) is 4.98 Å². The van der Waals surface area contributed by atoms with Gasteiger partial charge in [0.2, 0.25) is 5.91 Å². The van der Waals surface area contributed by atoms with Crippen LogP contribution in [0.5, 0.6) is 0 Å². The van der Waals surface area contributed by atoms with E-state index in [1.54, 1.807) is 11.3 Å². The van der Waals surface area contributed by atoms with E-state index in [-0.39, 0.29) is 5.91 Å². The van der Waals surface area contributed by atoms with Crippen LogP contribution in [0.15, 0.2) is 24.3 Å². The Morgan fingerprint density at radius 3 is 2.75 bits per heavy atom. The first kappa shape index (κ1) is 14.7. The van der Waals surface area contributed by atoms with Gasteiger partial charge in [-0.3, -0.25) is 4.79 Å². The summed E-state index contributed by atoms with van der Waals surface area (Å²) in [6.07, 6.45) is 1.39. The molecule has 3 nitrogen and oxygen atoms in total. The number of aromatic nitrogens is 1. The van der Waals surface area contributed by atoms with Crippen LogP contribution in [0.1, 0.15) is 29.5 Å². The van der Waals surface area contributed by atoms with E-state index in [0.29, 0.717) is 6.42 Å². The Balaban J connectivity index is 2.18. The van der Waals surface area contributed by atoms with Gasteiger partial charge >= 0.3 is 0 Å². The largest absolute Gasteiger partial charge is 0.356 e. The number of thiazole rings is 1. The molecule has 0 aliphatic carbocycles. The zero-order chi connectivity index (χ0) is 14.5. The molecule has 4 heteroatoms. The highest BCUT2D eigenvalue weighted by atomic mass is 32.1. The molecule has 1 aromatic carbocycles. The maximum atomic E-state index is 11.8. The van der Waals surface area contributed by atoms with E-state index in [4.69, 9.17) is 0 Å². The highest BCUT2D eigenvalue weighted by Gasteiger charge is 2.13. The summed E-state index contributed by atoms with van der Waals surface area (Å²) in [4.78, 5) is 17.5. The number of carbonyl (C=O) groups is 1. The van der Waals surface area contributed by atoms with E-state index in [1.165, 1.54) is 5.56 Å². The lowest BCUT2D eigenvalue weighted by atomic mass is 10.1. The number of amides is 1.